The van der Waals surface area contributed by atoms with Crippen LogP contribution in [-0.4, -0.2) is 98.1 Å². The largest absolute Gasteiger partial charge is 0.453 e. The highest BCUT2D eigenvalue weighted by Gasteiger charge is 2.39. The smallest absolute Gasteiger partial charge is 0.407 e. The maximum absolute atomic E-state index is 13.6. The standard InChI is InChI=1S/C39H47N9O7/c1-20(2)31(45-38(51)53-5)36(49)47-15-7-9-28(47)33-40-19-27(43-33)22-12-14-30-26(17-22)44-35(55-30)23-11-13-24-25(18-23)42-34(41-24)29-10-8-16-48(29)37(50)32(21(3)4)46-39(52)54-6/h11-14,17-21,28-29,31-32H,7-10,15-16H2,1-6H3,(H,40,43)(H,41,42)(H,45,51)(H,46,52)/t28-,29-,31-,32-/m0/s1. The number of hydrogen-bond donors (Lipinski definition) is 4. The van der Waals surface area contributed by atoms with Gasteiger partial charge >= 0.3 is 12.2 Å². The molecule has 0 unspecified atom stereocenters. The van der Waals surface area contributed by atoms with Crippen LogP contribution in [-0.2, 0) is 19.1 Å². The normalized spacial score (nSPS) is 18.3. The Kier molecular flexibility index (Phi) is 10.5. The third kappa shape index (κ3) is 7.44. The average Bonchev–Trinajstić information content (AvgIpc) is 4.02. The summed E-state index contributed by atoms with van der Waals surface area (Å²) in [6.45, 7) is 8.69. The number of likely N-dealkylation sites (tertiary alicyclic amines) is 2. The average molecular weight is 754 g/mol. The number of oxazole rings is 1. The molecule has 0 bridgehead atoms. The van der Waals surface area contributed by atoms with Crippen molar-refractivity contribution >= 4 is 46.1 Å². The maximum atomic E-state index is 13.6. The van der Waals surface area contributed by atoms with Crippen LogP contribution in [0.1, 0.15) is 77.1 Å². The summed E-state index contributed by atoms with van der Waals surface area (Å²) in [6, 6.07) is 9.56. The summed E-state index contributed by atoms with van der Waals surface area (Å²) in [5, 5.41) is 5.37. The quantitative estimate of drug-likeness (QED) is 0.134. The van der Waals surface area contributed by atoms with Crippen molar-refractivity contribution in [3.8, 4) is 22.7 Å². The molecule has 4 atom stereocenters. The van der Waals surface area contributed by atoms with Gasteiger partial charge in [0, 0.05) is 24.2 Å². The van der Waals surface area contributed by atoms with E-state index >= 15 is 0 Å². The van der Waals surface area contributed by atoms with Gasteiger partial charge in [-0.25, -0.2) is 24.5 Å². The number of amides is 4. The minimum atomic E-state index is -0.715. The van der Waals surface area contributed by atoms with Crippen molar-refractivity contribution in [1.29, 1.82) is 0 Å². The number of aromatic nitrogens is 5. The molecule has 7 rings (SSSR count). The molecule has 0 aliphatic carbocycles. The number of nitrogens with one attached hydrogen (secondary N) is 4. The van der Waals surface area contributed by atoms with Gasteiger partial charge in [0.25, 0.3) is 0 Å². The van der Waals surface area contributed by atoms with E-state index in [-0.39, 0.29) is 35.7 Å². The van der Waals surface area contributed by atoms with E-state index < -0.39 is 24.3 Å². The van der Waals surface area contributed by atoms with Crippen molar-refractivity contribution < 1.29 is 33.1 Å². The Morgan fingerprint density at radius 2 is 1.36 bits per heavy atom. The van der Waals surface area contributed by atoms with Gasteiger partial charge in [-0.3, -0.25) is 9.59 Å². The highest BCUT2D eigenvalue weighted by molar-refractivity contribution is 5.88. The molecule has 290 valence electrons. The number of H-pyrrole nitrogens is 2. The number of carbonyl (C=O) groups excluding carboxylic acids is 4. The Bertz CT molecular complexity index is 2220. The summed E-state index contributed by atoms with van der Waals surface area (Å²) in [5.41, 5.74) is 5.23. The molecule has 2 fully saturated rings. The summed E-state index contributed by atoms with van der Waals surface area (Å²) in [6.07, 6.45) is 3.62. The Hall–Kier alpha value is -5.93. The SMILES string of the molecule is COC(=O)N[C@H](C(=O)N1CCC[C@H]1c1ncc(-c2ccc3oc(-c4ccc5nc([C@@H]6CCCN6C(=O)[C@@H](NC(=O)OC)C(C)C)[nH]c5c4)nc3c2)[nH]1)C(C)C. The molecule has 2 aromatic carbocycles. The molecule has 16 nitrogen and oxygen atoms in total. The van der Waals surface area contributed by atoms with E-state index in [1.807, 2.05) is 64.1 Å². The number of imidazole rings is 2. The van der Waals surface area contributed by atoms with Crippen LogP contribution in [0.4, 0.5) is 9.59 Å². The Balaban J connectivity index is 1.08. The minimum absolute atomic E-state index is 0.125. The first-order chi connectivity index (χ1) is 26.4. The van der Waals surface area contributed by atoms with Crippen LogP contribution in [0, 0.1) is 11.8 Å². The number of alkyl carbamates (subject to hydrolysis) is 2. The lowest BCUT2D eigenvalue weighted by Crippen LogP contribution is -2.51. The predicted octanol–water partition coefficient (Wildman–Crippen LogP) is 5.85. The van der Waals surface area contributed by atoms with Crippen LogP contribution >= 0.6 is 0 Å². The summed E-state index contributed by atoms with van der Waals surface area (Å²) < 4.78 is 15.7. The first-order valence-electron chi connectivity index (χ1n) is 18.7. The van der Waals surface area contributed by atoms with Crippen molar-refractivity contribution in [2.75, 3.05) is 27.3 Å². The number of ether oxygens (including phenoxy) is 2. The zero-order valence-corrected chi connectivity index (χ0v) is 31.8. The van der Waals surface area contributed by atoms with Gasteiger partial charge in [-0.2, -0.15) is 0 Å². The number of carbonyl (C=O) groups is 4. The molecule has 0 saturated carbocycles. The van der Waals surface area contributed by atoms with Crippen LogP contribution in [0.25, 0.3) is 44.8 Å². The van der Waals surface area contributed by atoms with Gasteiger partial charge in [-0.15, -0.1) is 0 Å². The Labute approximate surface area is 317 Å². The first-order valence-corrected chi connectivity index (χ1v) is 18.7. The second-order valence-corrected chi connectivity index (χ2v) is 14.8. The van der Waals surface area contributed by atoms with Gasteiger partial charge < -0.3 is 44.3 Å². The van der Waals surface area contributed by atoms with Gasteiger partial charge in [0.1, 0.15) is 29.2 Å². The lowest BCUT2D eigenvalue weighted by atomic mass is 10.0. The number of fused-ring (bicyclic) bond motifs is 2. The number of hydrogen-bond acceptors (Lipinski definition) is 10. The van der Waals surface area contributed by atoms with E-state index in [0.29, 0.717) is 41.7 Å². The Morgan fingerprint density at radius 3 is 1.96 bits per heavy atom. The Morgan fingerprint density at radius 1 is 0.764 bits per heavy atom. The third-order valence-corrected chi connectivity index (χ3v) is 10.5. The first kappa shape index (κ1) is 37.4. The van der Waals surface area contributed by atoms with Gasteiger partial charge in [0.15, 0.2) is 5.58 Å². The summed E-state index contributed by atoms with van der Waals surface area (Å²) in [7, 11) is 2.56. The van der Waals surface area contributed by atoms with Gasteiger partial charge in [-0.1, -0.05) is 27.7 Å². The van der Waals surface area contributed by atoms with Crippen molar-refractivity contribution in [3.63, 3.8) is 0 Å². The van der Waals surface area contributed by atoms with Crippen LogP contribution in [0.15, 0.2) is 47.0 Å². The molecule has 55 heavy (non-hydrogen) atoms. The molecule has 2 aliphatic heterocycles. The monoisotopic (exact) mass is 753 g/mol. The molecule has 0 radical (unpaired) electrons. The van der Waals surface area contributed by atoms with E-state index in [1.54, 1.807) is 16.0 Å². The van der Waals surface area contributed by atoms with Crippen molar-refractivity contribution in [2.24, 2.45) is 11.8 Å². The van der Waals surface area contributed by atoms with E-state index in [4.69, 9.17) is 23.9 Å². The van der Waals surface area contributed by atoms with Gasteiger partial charge in [0.05, 0.1) is 49.2 Å². The number of benzene rings is 2. The molecule has 2 saturated heterocycles. The summed E-state index contributed by atoms with van der Waals surface area (Å²) in [5.74, 6) is 1.23. The molecule has 0 spiro atoms. The fourth-order valence-corrected chi connectivity index (χ4v) is 7.58. The zero-order valence-electron chi connectivity index (χ0n) is 31.8. The molecular weight excluding hydrogens is 706 g/mol. The molecule has 3 aromatic heterocycles. The second-order valence-electron chi connectivity index (χ2n) is 14.8. The maximum Gasteiger partial charge on any atom is 0.407 e. The molecule has 4 N–H and O–H groups in total. The van der Waals surface area contributed by atoms with Crippen LogP contribution in [0.2, 0.25) is 0 Å². The fraction of sp³-hybridized carbons (Fsp3) is 0.462. The molecule has 5 heterocycles. The minimum Gasteiger partial charge on any atom is -0.453 e. The molecule has 16 heteroatoms. The zero-order chi connectivity index (χ0) is 39.0. The van der Waals surface area contributed by atoms with Gasteiger partial charge in [0.2, 0.25) is 17.7 Å². The molecular formula is C39H47N9O7. The lowest BCUT2D eigenvalue weighted by Gasteiger charge is -2.30. The number of methoxy groups -OCH3 is 2. The van der Waals surface area contributed by atoms with Crippen LogP contribution in [0.5, 0.6) is 0 Å². The lowest BCUT2D eigenvalue weighted by molar-refractivity contribution is -0.136. The molecule has 5 aromatic rings. The summed E-state index contributed by atoms with van der Waals surface area (Å²) in [4.78, 5) is 75.9. The van der Waals surface area contributed by atoms with E-state index in [9.17, 15) is 19.2 Å². The summed E-state index contributed by atoms with van der Waals surface area (Å²) >= 11 is 0. The third-order valence-electron chi connectivity index (χ3n) is 10.5. The van der Waals surface area contributed by atoms with Crippen LogP contribution in [0.3, 0.4) is 0 Å². The van der Waals surface area contributed by atoms with Crippen molar-refractivity contribution in [1.82, 2.24) is 45.4 Å². The predicted molar refractivity (Wildman–Crippen MR) is 202 cm³/mol. The fourth-order valence-electron chi connectivity index (χ4n) is 7.58. The number of rotatable bonds is 10. The number of aromatic amines is 2. The molecule has 2 aliphatic rings. The highest BCUT2D eigenvalue weighted by Crippen LogP contribution is 2.36. The van der Waals surface area contributed by atoms with E-state index in [0.717, 1.165) is 53.5 Å². The van der Waals surface area contributed by atoms with Crippen molar-refractivity contribution in [3.05, 3.63) is 54.2 Å². The second kappa shape index (κ2) is 15.4. The van der Waals surface area contributed by atoms with Gasteiger partial charge in [-0.05, 0) is 73.9 Å². The highest BCUT2D eigenvalue weighted by atomic mass is 16.5. The van der Waals surface area contributed by atoms with E-state index in [1.165, 1.54) is 14.2 Å². The van der Waals surface area contributed by atoms with Crippen LogP contribution < -0.4 is 10.6 Å². The molecule has 4 amide bonds. The number of nitrogens with zero attached hydrogens (tertiary/aromatic N) is 5. The van der Waals surface area contributed by atoms with Crippen molar-refractivity contribution in [2.45, 2.75) is 77.5 Å². The van der Waals surface area contributed by atoms with E-state index in [2.05, 4.69) is 25.6 Å². The topological polar surface area (TPSA) is 201 Å².